The lowest BCUT2D eigenvalue weighted by Crippen LogP contribution is -2.49. The summed E-state index contributed by atoms with van der Waals surface area (Å²) >= 11 is 12.2. The predicted molar refractivity (Wildman–Crippen MR) is 140 cm³/mol. The lowest BCUT2D eigenvalue weighted by molar-refractivity contribution is 0.00333. The molecule has 0 spiro atoms. The van der Waals surface area contributed by atoms with E-state index in [0.29, 0.717) is 47.4 Å². The first-order valence-electron chi connectivity index (χ1n) is 11.7. The van der Waals surface area contributed by atoms with Crippen LogP contribution in [0.1, 0.15) is 33.2 Å². The van der Waals surface area contributed by atoms with Gasteiger partial charge in [-0.3, -0.25) is 9.69 Å². The smallest absolute Gasteiger partial charge is 0.255 e. The molecule has 8 heteroatoms. The van der Waals surface area contributed by atoms with Gasteiger partial charge in [0.25, 0.3) is 5.91 Å². The van der Waals surface area contributed by atoms with Crippen molar-refractivity contribution in [1.29, 1.82) is 5.26 Å². The second-order valence-electron chi connectivity index (χ2n) is 8.60. The zero-order valence-electron chi connectivity index (χ0n) is 20.0. The molecule has 1 aliphatic heterocycles. The first-order chi connectivity index (χ1) is 17.5. The Morgan fingerprint density at radius 2 is 1.78 bits per heavy atom. The minimum absolute atomic E-state index is 0.0854. The molecule has 1 saturated heterocycles. The summed E-state index contributed by atoms with van der Waals surface area (Å²) < 4.78 is 11.8. The fourth-order valence-electron chi connectivity index (χ4n) is 4.17. The van der Waals surface area contributed by atoms with E-state index in [-0.39, 0.29) is 12.0 Å². The van der Waals surface area contributed by atoms with Crippen LogP contribution in [-0.2, 0) is 11.3 Å². The topological polar surface area (TPSA) is 65.8 Å². The first-order valence-corrected chi connectivity index (χ1v) is 12.4. The lowest BCUT2D eigenvalue weighted by Gasteiger charge is -2.36. The minimum Gasteiger partial charge on any atom is -0.497 e. The average molecular weight is 524 g/mol. The standard InChI is InChI=1S/C28H27Cl2N3O3/c1-35-24-4-2-3-22(15-24)27(36-19-21-7-5-20(17-31)6-8-21)18-32-11-13-33(14-12-32)28(34)25-10-9-23(29)16-26(25)30/h2-10,15-16,27H,11-14,18-19H2,1H3/t27-/m1/s1. The summed E-state index contributed by atoms with van der Waals surface area (Å²) in [7, 11) is 1.65. The van der Waals surface area contributed by atoms with Gasteiger partial charge in [-0.1, -0.05) is 47.5 Å². The van der Waals surface area contributed by atoms with Crippen LogP contribution in [0.4, 0.5) is 0 Å². The third-order valence-corrected chi connectivity index (χ3v) is 6.79. The summed E-state index contributed by atoms with van der Waals surface area (Å²) in [6.07, 6.45) is -0.191. The number of nitrogens with zero attached hydrogens (tertiary/aromatic N) is 3. The van der Waals surface area contributed by atoms with Crippen molar-refractivity contribution < 1.29 is 14.3 Å². The van der Waals surface area contributed by atoms with Crippen LogP contribution >= 0.6 is 23.2 Å². The van der Waals surface area contributed by atoms with Gasteiger partial charge in [-0.2, -0.15) is 5.26 Å². The maximum absolute atomic E-state index is 13.0. The Labute approximate surface area is 221 Å². The van der Waals surface area contributed by atoms with Crippen LogP contribution in [0.25, 0.3) is 0 Å². The number of hydrogen-bond acceptors (Lipinski definition) is 5. The van der Waals surface area contributed by atoms with E-state index in [1.54, 1.807) is 37.4 Å². The number of methoxy groups -OCH3 is 1. The number of piperazine rings is 1. The number of carbonyl (C=O) groups excluding carboxylic acids is 1. The summed E-state index contributed by atoms with van der Waals surface area (Å²) in [5, 5.41) is 9.90. The number of hydrogen-bond donors (Lipinski definition) is 0. The summed E-state index contributed by atoms with van der Waals surface area (Å²) in [6, 6.07) is 22.4. The second-order valence-corrected chi connectivity index (χ2v) is 9.45. The van der Waals surface area contributed by atoms with Gasteiger partial charge >= 0.3 is 0 Å². The molecule has 4 rings (SSSR count). The molecular formula is C28H27Cl2N3O3. The summed E-state index contributed by atoms with van der Waals surface area (Å²) in [4.78, 5) is 17.1. The predicted octanol–water partition coefficient (Wildman–Crippen LogP) is 5.59. The van der Waals surface area contributed by atoms with Gasteiger partial charge in [-0.25, -0.2) is 0 Å². The van der Waals surface area contributed by atoms with Crippen molar-refractivity contribution in [3.8, 4) is 11.8 Å². The highest BCUT2D eigenvalue weighted by Gasteiger charge is 2.26. The summed E-state index contributed by atoms with van der Waals surface area (Å²) in [5.41, 5.74) is 3.11. The fraction of sp³-hybridized carbons (Fsp3) is 0.286. The van der Waals surface area contributed by atoms with E-state index >= 15 is 0 Å². The molecule has 1 fully saturated rings. The molecule has 186 valence electrons. The normalized spacial score (nSPS) is 14.8. The van der Waals surface area contributed by atoms with Crippen LogP contribution in [0.15, 0.2) is 66.7 Å². The van der Waals surface area contributed by atoms with Crippen molar-refractivity contribution in [3.05, 3.63) is 99.0 Å². The highest BCUT2D eigenvalue weighted by molar-refractivity contribution is 6.36. The molecule has 1 atom stereocenters. The molecule has 1 heterocycles. The van der Waals surface area contributed by atoms with Gasteiger partial charge in [0, 0.05) is 37.7 Å². The monoisotopic (exact) mass is 523 g/mol. The van der Waals surface area contributed by atoms with Crippen LogP contribution in [0.2, 0.25) is 10.0 Å². The van der Waals surface area contributed by atoms with E-state index in [2.05, 4.69) is 11.0 Å². The number of nitriles is 1. The Hall–Kier alpha value is -3.08. The van der Waals surface area contributed by atoms with Crippen LogP contribution in [-0.4, -0.2) is 55.5 Å². The Morgan fingerprint density at radius 1 is 1.03 bits per heavy atom. The number of rotatable bonds is 8. The molecule has 0 unspecified atom stereocenters. The molecule has 0 aliphatic carbocycles. The Morgan fingerprint density at radius 3 is 2.44 bits per heavy atom. The molecule has 0 N–H and O–H groups in total. The van der Waals surface area contributed by atoms with Crippen LogP contribution in [0.5, 0.6) is 5.75 Å². The maximum Gasteiger partial charge on any atom is 0.255 e. The number of ether oxygens (including phenoxy) is 2. The van der Waals surface area contributed by atoms with E-state index < -0.39 is 0 Å². The molecule has 0 saturated carbocycles. The average Bonchev–Trinajstić information content (AvgIpc) is 2.91. The Kier molecular flexibility index (Phi) is 8.84. The minimum atomic E-state index is -0.191. The third-order valence-electron chi connectivity index (χ3n) is 6.24. The molecule has 0 radical (unpaired) electrons. The molecule has 3 aromatic carbocycles. The van der Waals surface area contributed by atoms with E-state index in [1.165, 1.54) is 0 Å². The van der Waals surface area contributed by atoms with Crippen molar-refractivity contribution in [2.75, 3.05) is 39.8 Å². The molecule has 6 nitrogen and oxygen atoms in total. The van der Waals surface area contributed by atoms with Crippen LogP contribution < -0.4 is 4.74 Å². The molecular weight excluding hydrogens is 497 g/mol. The quantitative estimate of drug-likeness (QED) is 0.385. The van der Waals surface area contributed by atoms with Crippen LogP contribution in [0, 0.1) is 11.3 Å². The number of benzene rings is 3. The van der Waals surface area contributed by atoms with Gasteiger partial charge in [0.05, 0.1) is 42.0 Å². The number of amides is 1. The van der Waals surface area contributed by atoms with Crippen molar-refractivity contribution >= 4 is 29.1 Å². The molecule has 1 aliphatic rings. The summed E-state index contributed by atoms with van der Waals surface area (Å²) in [5.74, 6) is 0.687. The largest absolute Gasteiger partial charge is 0.497 e. The van der Waals surface area contributed by atoms with Crippen molar-refractivity contribution in [3.63, 3.8) is 0 Å². The first kappa shape index (κ1) is 26.0. The van der Waals surface area contributed by atoms with Gasteiger partial charge in [0.1, 0.15) is 5.75 Å². The fourth-order valence-corrected chi connectivity index (χ4v) is 4.66. The lowest BCUT2D eigenvalue weighted by atomic mass is 10.1. The van der Waals surface area contributed by atoms with Crippen molar-refractivity contribution in [2.24, 2.45) is 0 Å². The second kappa shape index (κ2) is 12.2. The molecule has 3 aromatic rings. The van der Waals surface area contributed by atoms with Gasteiger partial charge in [0.15, 0.2) is 0 Å². The Balaban J connectivity index is 1.41. The van der Waals surface area contributed by atoms with E-state index in [4.69, 9.17) is 37.9 Å². The maximum atomic E-state index is 13.0. The van der Waals surface area contributed by atoms with E-state index in [0.717, 1.165) is 30.0 Å². The van der Waals surface area contributed by atoms with E-state index in [1.807, 2.05) is 41.3 Å². The molecule has 1 amide bonds. The van der Waals surface area contributed by atoms with Crippen LogP contribution in [0.3, 0.4) is 0 Å². The zero-order chi connectivity index (χ0) is 25.5. The van der Waals surface area contributed by atoms with Crippen molar-refractivity contribution in [1.82, 2.24) is 9.80 Å². The van der Waals surface area contributed by atoms with Gasteiger partial charge < -0.3 is 14.4 Å². The number of carbonyl (C=O) groups is 1. The van der Waals surface area contributed by atoms with Gasteiger partial charge in [-0.15, -0.1) is 0 Å². The zero-order valence-corrected chi connectivity index (χ0v) is 21.5. The van der Waals surface area contributed by atoms with Gasteiger partial charge in [-0.05, 0) is 53.6 Å². The van der Waals surface area contributed by atoms with Gasteiger partial charge in [0.2, 0.25) is 0 Å². The SMILES string of the molecule is COc1cccc([C@@H](CN2CCN(C(=O)c3ccc(Cl)cc3Cl)CC2)OCc2ccc(C#N)cc2)c1. The highest BCUT2D eigenvalue weighted by atomic mass is 35.5. The highest BCUT2D eigenvalue weighted by Crippen LogP contribution is 2.26. The van der Waals surface area contributed by atoms with E-state index in [9.17, 15) is 4.79 Å². The molecule has 0 bridgehead atoms. The summed E-state index contributed by atoms with van der Waals surface area (Å²) in [6.45, 7) is 3.72. The molecule has 0 aromatic heterocycles. The molecule has 36 heavy (non-hydrogen) atoms. The van der Waals surface area contributed by atoms with Crippen molar-refractivity contribution in [2.45, 2.75) is 12.7 Å². The third kappa shape index (κ3) is 6.57. The Bertz CT molecular complexity index is 1240. The number of halogens is 2.